The van der Waals surface area contributed by atoms with Crippen molar-refractivity contribution in [1.29, 1.82) is 0 Å². The number of hydrogen-bond acceptors (Lipinski definition) is 5. The minimum atomic E-state index is -0.527. The van der Waals surface area contributed by atoms with Gasteiger partial charge in [0.15, 0.2) is 5.78 Å². The van der Waals surface area contributed by atoms with Crippen molar-refractivity contribution in [2.24, 2.45) is 0 Å². The monoisotopic (exact) mass is 417 g/mol. The Morgan fingerprint density at radius 3 is 2.71 bits per heavy atom. The Bertz CT molecular complexity index is 1250. The number of fused-ring (bicyclic) bond motifs is 1. The van der Waals surface area contributed by atoms with Gasteiger partial charge < -0.3 is 20.4 Å². The molecule has 0 bridgehead atoms. The Morgan fingerprint density at radius 2 is 2.00 bits per heavy atom. The van der Waals surface area contributed by atoms with Crippen LogP contribution in [0.3, 0.4) is 0 Å². The van der Waals surface area contributed by atoms with Crippen molar-refractivity contribution in [2.75, 3.05) is 12.3 Å². The zero-order chi connectivity index (χ0) is 22.1. The number of ether oxygens (including phenoxy) is 1. The molecule has 1 aliphatic heterocycles. The maximum Gasteiger partial charge on any atom is 0.355 e. The molecule has 0 aliphatic carbocycles. The molecule has 2 aromatic carbocycles. The number of rotatable bonds is 5. The van der Waals surface area contributed by atoms with E-state index in [0.29, 0.717) is 23.4 Å². The molecule has 1 aliphatic rings. The molecule has 1 aromatic heterocycles. The molecule has 3 N–H and O–H groups in total. The summed E-state index contributed by atoms with van der Waals surface area (Å²) in [7, 11) is 0. The number of aryl methyl sites for hydroxylation is 1. The number of hydrogen-bond donors (Lipinski definition) is 2. The highest BCUT2D eigenvalue weighted by atomic mass is 16.5. The van der Waals surface area contributed by atoms with Gasteiger partial charge in [-0.1, -0.05) is 23.8 Å². The van der Waals surface area contributed by atoms with Crippen LogP contribution in [-0.4, -0.2) is 28.8 Å². The molecule has 31 heavy (non-hydrogen) atoms. The summed E-state index contributed by atoms with van der Waals surface area (Å²) in [6.45, 7) is 4.24. The first-order valence-corrected chi connectivity index (χ1v) is 10.1. The number of benzene rings is 2. The summed E-state index contributed by atoms with van der Waals surface area (Å²) in [6.07, 6.45) is 1.13. The number of aromatic nitrogens is 1. The van der Waals surface area contributed by atoms with E-state index in [0.717, 1.165) is 22.0 Å². The highest BCUT2D eigenvalue weighted by Gasteiger charge is 2.31. The van der Waals surface area contributed by atoms with Crippen molar-refractivity contribution in [3.8, 4) is 0 Å². The summed E-state index contributed by atoms with van der Waals surface area (Å²) in [5.74, 6) is -1.23. The average molecular weight is 417 g/mol. The number of nitrogens with zero attached hydrogens (tertiary/aromatic N) is 1. The molecule has 0 fully saturated rings. The molecule has 7 nitrogen and oxygen atoms in total. The van der Waals surface area contributed by atoms with Crippen molar-refractivity contribution in [3.05, 3.63) is 71.0 Å². The molecule has 0 spiro atoms. The minimum absolute atomic E-state index is 0.195. The quantitative estimate of drug-likeness (QED) is 0.377. The van der Waals surface area contributed by atoms with Crippen molar-refractivity contribution >= 4 is 39.8 Å². The lowest BCUT2D eigenvalue weighted by atomic mass is 9.95. The lowest BCUT2D eigenvalue weighted by molar-refractivity contribution is -0.125. The largest absolute Gasteiger partial charge is 0.461 e. The van der Waals surface area contributed by atoms with Gasteiger partial charge in [-0.25, -0.2) is 4.79 Å². The van der Waals surface area contributed by atoms with Gasteiger partial charge in [0.1, 0.15) is 5.69 Å². The molecule has 158 valence electrons. The van der Waals surface area contributed by atoms with Crippen molar-refractivity contribution < 1.29 is 19.1 Å². The normalized spacial score (nSPS) is 13.8. The summed E-state index contributed by atoms with van der Waals surface area (Å²) in [5.41, 5.74) is 10.3. The Morgan fingerprint density at radius 1 is 1.19 bits per heavy atom. The summed E-state index contributed by atoms with van der Waals surface area (Å²) in [6, 6.07) is 13.2. The number of nitrogens with two attached hydrogens (primary N) is 1. The van der Waals surface area contributed by atoms with Gasteiger partial charge in [0.25, 0.3) is 0 Å². The molecule has 0 radical (unpaired) electrons. The van der Waals surface area contributed by atoms with E-state index in [2.05, 4.69) is 5.32 Å². The van der Waals surface area contributed by atoms with Gasteiger partial charge in [0.2, 0.25) is 5.91 Å². The van der Waals surface area contributed by atoms with E-state index in [9.17, 15) is 14.4 Å². The van der Waals surface area contributed by atoms with Crippen LogP contribution in [0.1, 0.15) is 40.5 Å². The zero-order valence-electron chi connectivity index (χ0n) is 17.4. The molecule has 0 atom stereocenters. The third-order valence-electron chi connectivity index (χ3n) is 5.25. The lowest BCUT2D eigenvalue weighted by Gasteiger charge is -2.15. The molecular weight excluding hydrogens is 394 g/mol. The van der Waals surface area contributed by atoms with Gasteiger partial charge in [-0.05, 0) is 43.7 Å². The fourth-order valence-electron chi connectivity index (χ4n) is 3.93. The third kappa shape index (κ3) is 3.82. The van der Waals surface area contributed by atoms with E-state index in [1.165, 1.54) is 6.20 Å². The van der Waals surface area contributed by atoms with Crippen LogP contribution in [0.25, 0.3) is 16.5 Å². The number of carbonyl (C=O) groups is 3. The minimum Gasteiger partial charge on any atom is -0.461 e. The Hall–Kier alpha value is -3.87. The molecule has 7 heteroatoms. The first kappa shape index (κ1) is 20.4. The fraction of sp³-hybridized carbons (Fsp3) is 0.208. The van der Waals surface area contributed by atoms with Crippen LogP contribution in [0.5, 0.6) is 0 Å². The molecule has 2 heterocycles. The molecule has 0 saturated heterocycles. The van der Waals surface area contributed by atoms with Crippen LogP contribution in [-0.2, 0) is 20.9 Å². The molecule has 4 rings (SSSR count). The second kappa shape index (κ2) is 8.10. The predicted octanol–water partition coefficient (Wildman–Crippen LogP) is 3.19. The second-order valence-corrected chi connectivity index (χ2v) is 7.52. The Labute approximate surface area is 179 Å². The molecule has 0 saturated carbocycles. The van der Waals surface area contributed by atoms with E-state index in [1.807, 2.05) is 47.9 Å². The van der Waals surface area contributed by atoms with Gasteiger partial charge >= 0.3 is 5.97 Å². The predicted molar refractivity (Wildman–Crippen MR) is 118 cm³/mol. The summed E-state index contributed by atoms with van der Waals surface area (Å²) < 4.78 is 7.22. The number of allylic oxidation sites excluding steroid dienone is 1. The van der Waals surface area contributed by atoms with Crippen LogP contribution >= 0.6 is 0 Å². The van der Waals surface area contributed by atoms with E-state index < -0.39 is 5.97 Å². The van der Waals surface area contributed by atoms with Crippen molar-refractivity contribution in [2.45, 2.75) is 26.8 Å². The highest BCUT2D eigenvalue weighted by molar-refractivity contribution is 6.31. The Kier molecular flexibility index (Phi) is 5.33. The molecular formula is C24H23N3O4. The van der Waals surface area contributed by atoms with E-state index in [4.69, 9.17) is 10.5 Å². The molecule has 0 unspecified atom stereocenters. The van der Waals surface area contributed by atoms with Gasteiger partial charge in [-0.2, -0.15) is 0 Å². The van der Waals surface area contributed by atoms with E-state index >= 15 is 0 Å². The zero-order valence-corrected chi connectivity index (χ0v) is 17.4. The maximum absolute atomic E-state index is 13.1. The van der Waals surface area contributed by atoms with Crippen LogP contribution in [0.4, 0.5) is 5.69 Å². The number of ketones is 1. The number of amides is 1. The van der Waals surface area contributed by atoms with Crippen LogP contribution in [0.15, 0.2) is 48.7 Å². The number of nitrogens with one attached hydrogen (secondary N) is 1. The topological polar surface area (TPSA) is 103 Å². The standard InChI is InChI=1S/C24H23N3O4/c1-3-31-24(30)23-22(18-12-26-21(29)11-20(18)28)17-9-14(2)7-8-19(17)27(23)13-15-5-4-6-16(25)10-15/h4-10,12H,3,11,13,25H2,1-2H3,(H,26,29). The van der Waals surface area contributed by atoms with Crippen molar-refractivity contribution in [1.82, 2.24) is 9.88 Å². The third-order valence-corrected chi connectivity index (χ3v) is 5.25. The number of carbonyl (C=O) groups excluding carboxylic acids is 3. The van der Waals surface area contributed by atoms with Gasteiger partial charge in [0.05, 0.1) is 13.0 Å². The van der Waals surface area contributed by atoms with Gasteiger partial charge in [0, 0.05) is 40.5 Å². The van der Waals surface area contributed by atoms with E-state index in [1.54, 1.807) is 13.0 Å². The number of anilines is 1. The maximum atomic E-state index is 13.1. The smallest absolute Gasteiger partial charge is 0.355 e. The molecule has 1 amide bonds. The van der Waals surface area contributed by atoms with Gasteiger partial charge in [-0.3, -0.25) is 9.59 Å². The highest BCUT2D eigenvalue weighted by Crippen LogP contribution is 2.35. The first-order valence-electron chi connectivity index (χ1n) is 10.1. The van der Waals surface area contributed by atoms with Crippen LogP contribution < -0.4 is 11.1 Å². The Balaban J connectivity index is 2.02. The average Bonchev–Trinajstić information content (AvgIpc) is 3.01. The number of esters is 1. The fourth-order valence-corrected chi connectivity index (χ4v) is 3.93. The summed E-state index contributed by atoms with van der Waals surface area (Å²) in [5, 5.41) is 3.36. The van der Waals surface area contributed by atoms with Gasteiger partial charge in [-0.15, -0.1) is 0 Å². The van der Waals surface area contributed by atoms with Crippen molar-refractivity contribution in [3.63, 3.8) is 0 Å². The van der Waals surface area contributed by atoms with E-state index in [-0.39, 0.29) is 30.4 Å². The van der Waals surface area contributed by atoms with Crippen LogP contribution in [0, 0.1) is 6.92 Å². The second-order valence-electron chi connectivity index (χ2n) is 7.52. The first-order chi connectivity index (χ1) is 14.9. The number of nitrogen functional groups attached to an aromatic ring is 1. The summed E-state index contributed by atoms with van der Waals surface area (Å²) >= 11 is 0. The summed E-state index contributed by atoms with van der Waals surface area (Å²) in [4.78, 5) is 37.6. The van der Waals surface area contributed by atoms with Crippen LogP contribution in [0.2, 0.25) is 0 Å². The molecule has 3 aromatic rings. The number of Topliss-reactive ketones (excluding diaryl/α,β-unsaturated/α-hetero) is 1. The SMILES string of the molecule is CCOC(=O)c1c(C2=CNC(=O)CC2=O)c2cc(C)ccc2n1Cc1cccc(N)c1. The lowest BCUT2D eigenvalue weighted by Crippen LogP contribution is -2.28.